The second kappa shape index (κ2) is 8.81. The van der Waals surface area contributed by atoms with Crippen LogP contribution in [0, 0.1) is 0 Å². The Morgan fingerprint density at radius 3 is 2.67 bits per heavy atom. The predicted octanol–water partition coefficient (Wildman–Crippen LogP) is 2.68. The van der Waals surface area contributed by atoms with Gasteiger partial charge in [-0.1, -0.05) is 18.2 Å². The molecule has 2 aliphatic heterocycles. The van der Waals surface area contributed by atoms with E-state index in [9.17, 15) is 14.7 Å². The summed E-state index contributed by atoms with van der Waals surface area (Å²) in [6.45, 7) is 1.56. The van der Waals surface area contributed by atoms with Crippen LogP contribution < -0.4 is 15.5 Å². The van der Waals surface area contributed by atoms with Gasteiger partial charge < -0.3 is 20.3 Å². The summed E-state index contributed by atoms with van der Waals surface area (Å²) in [4.78, 5) is 41.3. The van der Waals surface area contributed by atoms with Crippen molar-refractivity contribution in [2.24, 2.45) is 0 Å². The molecule has 0 aliphatic carbocycles. The molecule has 10 heteroatoms. The van der Waals surface area contributed by atoms with Crippen LogP contribution in [0.2, 0.25) is 0 Å². The third kappa shape index (κ3) is 3.60. The zero-order valence-corrected chi connectivity index (χ0v) is 20.6. The average Bonchev–Trinajstić information content (AvgIpc) is 3.58. The summed E-state index contributed by atoms with van der Waals surface area (Å²) in [5.74, 6) is -0.340. The highest BCUT2D eigenvalue weighted by Gasteiger charge is 2.37. The zero-order valence-electron chi connectivity index (χ0n) is 19.8. The van der Waals surface area contributed by atoms with Gasteiger partial charge >= 0.3 is 0 Å². The number of anilines is 1. The first-order valence-electron chi connectivity index (χ1n) is 12.0. The molecule has 0 unspecified atom stereocenters. The normalized spacial score (nSPS) is 18.0. The largest absolute Gasteiger partial charge is 0.396 e. The molecule has 0 saturated carbocycles. The molecule has 6 rings (SSSR count). The van der Waals surface area contributed by atoms with Crippen molar-refractivity contribution in [3.05, 3.63) is 53.2 Å². The number of benzene rings is 1. The van der Waals surface area contributed by atoms with Gasteiger partial charge in [-0.15, -0.1) is 11.3 Å². The lowest BCUT2D eigenvalue weighted by atomic mass is 9.85. The van der Waals surface area contributed by atoms with Gasteiger partial charge in [0.15, 0.2) is 0 Å². The van der Waals surface area contributed by atoms with Gasteiger partial charge in [0, 0.05) is 42.4 Å². The number of carbonyl (C=O) groups excluding carboxylic acids is 2. The molecule has 4 N–H and O–H groups in total. The van der Waals surface area contributed by atoms with E-state index in [0.29, 0.717) is 47.8 Å². The zero-order chi connectivity index (χ0) is 24.9. The average molecular weight is 503 g/mol. The number of para-hydroxylation sites is 1. The number of aliphatic hydroxyl groups excluding tert-OH is 1. The fraction of sp³-hybridized carbons (Fsp3) is 0.308. The van der Waals surface area contributed by atoms with Crippen molar-refractivity contribution in [2.45, 2.75) is 24.8 Å². The number of aromatic nitrogens is 3. The molecule has 0 atom stereocenters. The van der Waals surface area contributed by atoms with E-state index in [1.54, 1.807) is 6.20 Å². The van der Waals surface area contributed by atoms with Crippen molar-refractivity contribution < 1.29 is 14.7 Å². The highest BCUT2D eigenvalue weighted by molar-refractivity contribution is 7.17. The molecular formula is C26H26N6O3S. The Morgan fingerprint density at radius 2 is 1.89 bits per heavy atom. The first kappa shape index (κ1) is 22.8. The van der Waals surface area contributed by atoms with E-state index in [2.05, 4.69) is 20.5 Å². The van der Waals surface area contributed by atoms with Crippen molar-refractivity contribution >= 4 is 61.4 Å². The number of H-pyrrole nitrogens is 1. The molecule has 1 aromatic carbocycles. The fourth-order valence-electron chi connectivity index (χ4n) is 5.34. The van der Waals surface area contributed by atoms with Crippen LogP contribution in [0.1, 0.15) is 30.5 Å². The molecule has 1 fully saturated rings. The number of nitrogens with one attached hydrogen (secondary N) is 3. The van der Waals surface area contributed by atoms with Gasteiger partial charge in [0.1, 0.15) is 0 Å². The number of carbonyl (C=O) groups is 2. The predicted molar refractivity (Wildman–Crippen MR) is 141 cm³/mol. The van der Waals surface area contributed by atoms with Crippen LogP contribution in [-0.4, -0.2) is 64.2 Å². The van der Waals surface area contributed by atoms with Gasteiger partial charge in [-0.05, 0) is 43.8 Å². The number of fused-ring (bicyclic) bond motifs is 2. The SMILES string of the molecule is CNC1(CCO)CCN(c2nc(C3=C(c4c[nH]c5ccsc45)C(=O)NC3=O)c3ccccc3n2)CC1. The highest BCUT2D eigenvalue weighted by Crippen LogP contribution is 2.39. The van der Waals surface area contributed by atoms with E-state index in [1.165, 1.54) is 11.3 Å². The van der Waals surface area contributed by atoms with Gasteiger partial charge in [0.25, 0.3) is 11.8 Å². The molecule has 0 radical (unpaired) electrons. The monoisotopic (exact) mass is 502 g/mol. The lowest BCUT2D eigenvalue weighted by Gasteiger charge is -2.41. The minimum absolute atomic E-state index is 0.112. The number of rotatable bonds is 6. The number of hydrogen-bond donors (Lipinski definition) is 4. The Kier molecular flexibility index (Phi) is 5.59. The molecule has 0 bridgehead atoms. The molecule has 2 amide bonds. The first-order chi connectivity index (χ1) is 17.5. The Balaban J connectivity index is 1.49. The number of imide groups is 1. The molecule has 36 heavy (non-hydrogen) atoms. The van der Waals surface area contributed by atoms with Crippen molar-refractivity contribution in [3.8, 4) is 0 Å². The van der Waals surface area contributed by atoms with Crippen LogP contribution in [0.5, 0.6) is 0 Å². The molecule has 0 spiro atoms. The van der Waals surface area contributed by atoms with Crippen LogP contribution in [0.4, 0.5) is 5.95 Å². The first-order valence-corrected chi connectivity index (χ1v) is 12.9. The lowest BCUT2D eigenvalue weighted by molar-refractivity contribution is -0.122. The van der Waals surface area contributed by atoms with E-state index in [4.69, 9.17) is 9.97 Å². The van der Waals surface area contributed by atoms with Crippen LogP contribution >= 0.6 is 11.3 Å². The number of aliphatic hydroxyl groups is 1. The molecule has 4 aromatic rings. The standard InChI is InChI=1S/C26H26N6O3S/c1-27-26(9-12-33)7-10-32(11-8-26)25-29-17-5-3-2-4-15(17)21(30-25)20-19(23(34)31-24(20)35)16-14-28-18-6-13-36-22(16)18/h2-6,13-14,27-28,33H,7-12H2,1H3,(H,31,34,35). The Labute approximate surface area is 211 Å². The smallest absolute Gasteiger partial charge is 0.261 e. The molecule has 9 nitrogen and oxygen atoms in total. The number of piperidine rings is 1. The number of hydrogen-bond acceptors (Lipinski definition) is 8. The maximum Gasteiger partial charge on any atom is 0.261 e. The summed E-state index contributed by atoms with van der Waals surface area (Å²) < 4.78 is 0.925. The minimum Gasteiger partial charge on any atom is -0.396 e. The van der Waals surface area contributed by atoms with Crippen LogP contribution in [-0.2, 0) is 9.59 Å². The van der Waals surface area contributed by atoms with Gasteiger partial charge in [0.05, 0.1) is 32.6 Å². The van der Waals surface area contributed by atoms with E-state index in [0.717, 1.165) is 28.4 Å². The molecular weight excluding hydrogens is 476 g/mol. The second-order valence-electron chi connectivity index (χ2n) is 9.28. The Bertz CT molecular complexity index is 1530. The highest BCUT2D eigenvalue weighted by atomic mass is 32.1. The topological polar surface area (TPSA) is 123 Å². The van der Waals surface area contributed by atoms with Gasteiger partial charge in [-0.2, -0.15) is 0 Å². The summed E-state index contributed by atoms with van der Waals surface area (Å²) in [5.41, 5.74) is 3.29. The summed E-state index contributed by atoms with van der Waals surface area (Å²) in [6, 6.07) is 9.53. The third-order valence-electron chi connectivity index (χ3n) is 7.43. The van der Waals surface area contributed by atoms with E-state index in [-0.39, 0.29) is 17.7 Å². The van der Waals surface area contributed by atoms with E-state index in [1.807, 2.05) is 42.8 Å². The van der Waals surface area contributed by atoms with Crippen LogP contribution in [0.15, 0.2) is 41.9 Å². The van der Waals surface area contributed by atoms with Gasteiger partial charge in [-0.25, -0.2) is 9.97 Å². The van der Waals surface area contributed by atoms with Crippen molar-refractivity contribution in [3.63, 3.8) is 0 Å². The minimum atomic E-state index is -0.452. The number of amides is 2. The van der Waals surface area contributed by atoms with Crippen LogP contribution in [0.3, 0.4) is 0 Å². The summed E-state index contributed by atoms with van der Waals surface area (Å²) in [5, 5.41) is 18.1. The Morgan fingerprint density at radius 1 is 1.11 bits per heavy atom. The summed E-state index contributed by atoms with van der Waals surface area (Å²) in [7, 11) is 1.94. The summed E-state index contributed by atoms with van der Waals surface area (Å²) >= 11 is 1.52. The number of nitrogens with zero attached hydrogens (tertiary/aromatic N) is 3. The second-order valence-corrected chi connectivity index (χ2v) is 10.2. The van der Waals surface area contributed by atoms with Gasteiger partial charge in [0.2, 0.25) is 5.95 Å². The molecule has 1 saturated heterocycles. The van der Waals surface area contributed by atoms with Crippen molar-refractivity contribution in [1.29, 1.82) is 0 Å². The van der Waals surface area contributed by atoms with Crippen molar-refractivity contribution in [1.82, 2.24) is 25.6 Å². The molecule has 2 aliphatic rings. The van der Waals surface area contributed by atoms with Crippen LogP contribution in [0.25, 0.3) is 32.3 Å². The number of thiophene rings is 1. The third-order valence-corrected chi connectivity index (χ3v) is 8.38. The molecule has 3 aromatic heterocycles. The number of aromatic amines is 1. The maximum atomic E-state index is 13.2. The maximum absolute atomic E-state index is 13.2. The summed E-state index contributed by atoms with van der Waals surface area (Å²) in [6.07, 6.45) is 4.14. The molecule has 5 heterocycles. The van der Waals surface area contributed by atoms with E-state index >= 15 is 0 Å². The lowest BCUT2D eigenvalue weighted by Crippen LogP contribution is -2.53. The fourth-order valence-corrected chi connectivity index (χ4v) is 6.22. The quantitative estimate of drug-likeness (QED) is 0.299. The van der Waals surface area contributed by atoms with Crippen molar-refractivity contribution in [2.75, 3.05) is 31.6 Å². The van der Waals surface area contributed by atoms with E-state index < -0.39 is 11.8 Å². The van der Waals surface area contributed by atoms with Gasteiger partial charge in [-0.3, -0.25) is 14.9 Å². The Hall–Kier alpha value is -3.60. The molecule has 184 valence electrons.